The average Bonchev–Trinajstić information content (AvgIpc) is 1.21. The summed E-state index contributed by atoms with van der Waals surface area (Å²) in [6, 6.07) is 0. The van der Waals surface area contributed by atoms with Crippen molar-refractivity contribution >= 4 is 17.9 Å². The fraction of sp³-hybridized carbons (Fsp3) is 0.815. The zero-order valence-electron chi connectivity index (χ0n) is 67.6. The van der Waals surface area contributed by atoms with Crippen molar-refractivity contribution in [3.05, 3.63) is 85.1 Å². The number of ether oxygens (including phenoxy) is 4. The molecule has 0 heterocycles. The first-order chi connectivity index (χ1) is 49.6. The summed E-state index contributed by atoms with van der Waals surface area (Å²) < 4.78 is 23.1. The van der Waals surface area contributed by atoms with E-state index in [1.165, 1.54) is 315 Å². The van der Waals surface area contributed by atoms with E-state index >= 15 is 0 Å². The minimum absolute atomic E-state index is 0.177. The van der Waals surface area contributed by atoms with Gasteiger partial charge in [0.15, 0.2) is 6.10 Å². The Morgan fingerprint density at radius 1 is 0.307 bits per heavy atom. The number of unbranched alkanes of at least 4 members (excludes halogenated alkanes) is 53. The largest absolute Gasteiger partial charge is 0.477 e. The molecule has 0 radical (unpaired) electrons. The number of likely N-dealkylation sites (N-methyl/N-ethyl adjacent to an activating group) is 1. The van der Waals surface area contributed by atoms with Gasteiger partial charge < -0.3 is 28.5 Å². The normalized spacial score (nSPS) is 13.0. The molecule has 0 saturated heterocycles. The molecule has 0 aliphatic heterocycles. The van der Waals surface area contributed by atoms with E-state index in [-0.39, 0.29) is 38.2 Å². The van der Waals surface area contributed by atoms with Crippen LogP contribution in [0.3, 0.4) is 0 Å². The lowest BCUT2D eigenvalue weighted by molar-refractivity contribution is -0.870. The number of carbonyl (C=O) groups excluding carboxylic acids is 2. The van der Waals surface area contributed by atoms with Crippen molar-refractivity contribution in [1.29, 1.82) is 0 Å². The summed E-state index contributed by atoms with van der Waals surface area (Å²) >= 11 is 0. The Hall–Kier alpha value is -3.53. The minimum Gasteiger partial charge on any atom is -0.477 e. The zero-order chi connectivity index (χ0) is 73.2. The standard InChI is InChI=1S/C92H167NO8/c1-6-8-10-12-14-16-18-20-22-24-26-28-30-32-34-36-38-40-42-43-44-45-46-47-49-51-53-55-57-59-61-63-65-67-69-71-73-75-77-79-81-83-90(95)101-88(87-100-92(91(96)97)98-85-84-93(3,4)5)86-99-89(94)82-80-78-76-74-72-70-68-66-64-62-60-58-56-54-52-50-48-41-39-37-35-33-31-29-27-25-23-21-19-17-15-13-11-9-7-2/h8,10,14,16,20,22,26,28,32,34,38,40,43-44,88,92H,6-7,9,11-13,15,17-19,21,23-25,27,29-31,33,35-37,39,41-42,45-87H2,1-5H3/p+1/b10-8-,16-14-,22-20-,28-26-,34-32-,40-38-,44-43-. The van der Waals surface area contributed by atoms with E-state index < -0.39 is 18.4 Å². The van der Waals surface area contributed by atoms with Gasteiger partial charge in [0.05, 0.1) is 34.4 Å². The first-order valence-electron chi connectivity index (χ1n) is 43.8. The van der Waals surface area contributed by atoms with Gasteiger partial charge in [-0.1, -0.05) is 426 Å². The molecule has 0 amide bonds. The molecule has 9 nitrogen and oxygen atoms in total. The lowest BCUT2D eigenvalue weighted by atomic mass is 10.0. The van der Waals surface area contributed by atoms with Crippen LogP contribution in [0.15, 0.2) is 85.1 Å². The van der Waals surface area contributed by atoms with E-state index in [1.807, 2.05) is 21.1 Å². The molecular weight excluding hydrogens is 1250 g/mol. The number of hydrogen-bond donors (Lipinski definition) is 1. The SMILES string of the molecule is CC/C=C\C/C=C\C/C=C\C/C=C\C/C=C\C/C=C\C/C=C\CCCCCCCCCCCCCCCCCCCCCC(=O)OC(COC(=O)CCCCCCCCCCCCCCCCCCCCCCCCCCCCCCCCCCCCC)COC(OCC[N+](C)(C)C)C(=O)O. The Morgan fingerprint density at radius 3 is 0.842 bits per heavy atom. The molecule has 0 fully saturated rings. The molecule has 0 bridgehead atoms. The van der Waals surface area contributed by atoms with Crippen molar-refractivity contribution in [3.8, 4) is 0 Å². The predicted molar refractivity (Wildman–Crippen MR) is 438 cm³/mol. The van der Waals surface area contributed by atoms with E-state index in [0.29, 0.717) is 17.4 Å². The molecule has 0 aromatic heterocycles. The average molecular weight is 1420 g/mol. The van der Waals surface area contributed by atoms with Crippen LogP contribution >= 0.6 is 0 Å². The van der Waals surface area contributed by atoms with Crippen LogP contribution in [0.5, 0.6) is 0 Å². The quantitative estimate of drug-likeness (QED) is 0.0211. The van der Waals surface area contributed by atoms with Crippen LogP contribution < -0.4 is 0 Å². The second-order valence-electron chi connectivity index (χ2n) is 30.8. The molecule has 588 valence electrons. The second kappa shape index (κ2) is 82.1. The van der Waals surface area contributed by atoms with Crippen molar-refractivity contribution in [1.82, 2.24) is 0 Å². The highest BCUT2D eigenvalue weighted by Crippen LogP contribution is 2.20. The van der Waals surface area contributed by atoms with Gasteiger partial charge in [-0.3, -0.25) is 9.59 Å². The van der Waals surface area contributed by atoms with Crippen LogP contribution in [0.4, 0.5) is 0 Å². The fourth-order valence-corrected chi connectivity index (χ4v) is 13.1. The molecule has 1 N–H and O–H groups in total. The minimum atomic E-state index is -1.51. The van der Waals surface area contributed by atoms with Crippen molar-refractivity contribution in [2.24, 2.45) is 0 Å². The number of hydrogen-bond acceptors (Lipinski definition) is 7. The number of carboxylic acid groups (broad SMARTS) is 1. The van der Waals surface area contributed by atoms with Crippen LogP contribution in [-0.2, 0) is 33.3 Å². The Morgan fingerprint density at radius 2 is 0.564 bits per heavy atom. The Kier molecular flexibility index (Phi) is 79.3. The van der Waals surface area contributed by atoms with E-state index in [4.69, 9.17) is 18.9 Å². The van der Waals surface area contributed by atoms with Gasteiger partial charge in [0.2, 0.25) is 0 Å². The maximum Gasteiger partial charge on any atom is 0.361 e. The Labute approximate surface area is 627 Å². The Bertz CT molecular complexity index is 1940. The molecule has 0 aromatic rings. The molecule has 0 aliphatic rings. The van der Waals surface area contributed by atoms with Crippen LogP contribution in [0.25, 0.3) is 0 Å². The van der Waals surface area contributed by atoms with Gasteiger partial charge in [0, 0.05) is 12.8 Å². The van der Waals surface area contributed by atoms with E-state index in [9.17, 15) is 19.5 Å². The Balaban J connectivity index is 3.94. The summed E-state index contributed by atoms with van der Waals surface area (Å²) in [4.78, 5) is 37.8. The molecule has 0 aliphatic carbocycles. The summed E-state index contributed by atoms with van der Waals surface area (Å²) in [6.07, 6.45) is 111. The highest BCUT2D eigenvalue weighted by atomic mass is 16.7. The highest BCUT2D eigenvalue weighted by molar-refractivity contribution is 5.71. The monoisotopic (exact) mass is 1420 g/mol. The van der Waals surface area contributed by atoms with Gasteiger partial charge in [-0.15, -0.1) is 0 Å². The molecule has 0 aromatic carbocycles. The number of rotatable bonds is 82. The fourth-order valence-electron chi connectivity index (χ4n) is 13.1. The number of esters is 2. The second-order valence-corrected chi connectivity index (χ2v) is 30.8. The predicted octanol–water partition coefficient (Wildman–Crippen LogP) is 28.5. The summed E-state index contributed by atoms with van der Waals surface area (Å²) in [5.41, 5.74) is 0. The molecule has 9 heteroatoms. The van der Waals surface area contributed by atoms with Gasteiger partial charge >= 0.3 is 17.9 Å². The summed E-state index contributed by atoms with van der Waals surface area (Å²) in [5, 5.41) is 9.79. The molecule has 2 atom stereocenters. The molecule has 0 spiro atoms. The number of carboxylic acids is 1. The number of allylic oxidation sites excluding steroid dienone is 14. The summed E-state index contributed by atoms with van der Waals surface area (Å²) in [7, 11) is 6.00. The highest BCUT2D eigenvalue weighted by Gasteiger charge is 2.25. The smallest absolute Gasteiger partial charge is 0.361 e. The van der Waals surface area contributed by atoms with Crippen molar-refractivity contribution in [3.63, 3.8) is 0 Å². The lowest BCUT2D eigenvalue weighted by Crippen LogP contribution is -2.40. The van der Waals surface area contributed by atoms with Crippen LogP contribution in [-0.4, -0.2) is 87.4 Å². The van der Waals surface area contributed by atoms with E-state index in [1.54, 1.807) is 0 Å². The van der Waals surface area contributed by atoms with E-state index in [0.717, 1.165) is 83.5 Å². The third-order valence-electron chi connectivity index (χ3n) is 19.7. The van der Waals surface area contributed by atoms with Crippen LogP contribution in [0, 0.1) is 0 Å². The maximum atomic E-state index is 13.0. The lowest BCUT2D eigenvalue weighted by Gasteiger charge is -2.25. The number of nitrogens with zero attached hydrogens (tertiary/aromatic N) is 1. The number of quaternary nitrogens is 1. The van der Waals surface area contributed by atoms with E-state index in [2.05, 4.69) is 98.9 Å². The van der Waals surface area contributed by atoms with Crippen LogP contribution in [0.2, 0.25) is 0 Å². The van der Waals surface area contributed by atoms with Gasteiger partial charge in [0.25, 0.3) is 6.29 Å². The molecular formula is C92H168NO8+. The van der Waals surface area contributed by atoms with Gasteiger partial charge in [-0.2, -0.15) is 0 Å². The third kappa shape index (κ3) is 83.6. The van der Waals surface area contributed by atoms with Gasteiger partial charge in [-0.05, 0) is 70.6 Å². The van der Waals surface area contributed by atoms with Crippen LogP contribution in [0.1, 0.15) is 425 Å². The summed E-state index contributed by atoms with van der Waals surface area (Å²) in [5.74, 6) is -1.97. The van der Waals surface area contributed by atoms with Crippen molar-refractivity contribution in [2.45, 2.75) is 437 Å². The zero-order valence-corrected chi connectivity index (χ0v) is 67.6. The molecule has 2 unspecified atom stereocenters. The number of carbonyl (C=O) groups is 3. The third-order valence-corrected chi connectivity index (χ3v) is 19.7. The molecule has 0 rings (SSSR count). The van der Waals surface area contributed by atoms with Crippen molar-refractivity contribution < 1.29 is 42.9 Å². The summed E-state index contributed by atoms with van der Waals surface area (Å²) in [6.45, 7) is 4.84. The van der Waals surface area contributed by atoms with Crippen molar-refractivity contribution in [2.75, 3.05) is 47.5 Å². The van der Waals surface area contributed by atoms with Gasteiger partial charge in [0.1, 0.15) is 13.2 Å². The molecule has 101 heavy (non-hydrogen) atoms. The number of aliphatic carboxylic acids is 1. The first kappa shape index (κ1) is 97.5. The maximum absolute atomic E-state index is 13.0. The first-order valence-corrected chi connectivity index (χ1v) is 43.8. The molecule has 0 saturated carbocycles. The topological polar surface area (TPSA) is 108 Å². The van der Waals surface area contributed by atoms with Gasteiger partial charge in [-0.25, -0.2) is 4.79 Å².